The zero-order valence-corrected chi connectivity index (χ0v) is 16.1. The minimum atomic E-state index is -5.03. The van der Waals surface area contributed by atoms with Gasteiger partial charge >= 0.3 is 6.18 Å². The lowest BCUT2D eigenvalue weighted by Gasteiger charge is -2.27. The highest BCUT2D eigenvalue weighted by Gasteiger charge is 2.58. The van der Waals surface area contributed by atoms with Gasteiger partial charge in [0.05, 0.1) is 12.5 Å². The van der Waals surface area contributed by atoms with Crippen molar-refractivity contribution in [3.63, 3.8) is 0 Å². The van der Waals surface area contributed by atoms with Crippen LogP contribution in [-0.2, 0) is 10.4 Å². The molecule has 1 fully saturated rings. The molecule has 2 N–H and O–H groups in total. The number of nitrogens with zero attached hydrogens (tertiary/aromatic N) is 1. The molecule has 1 unspecified atom stereocenters. The number of aliphatic hydroxyl groups is 1. The molecule has 28 heavy (non-hydrogen) atoms. The number of hydrogen-bond acceptors (Lipinski definition) is 5. The molecule has 3 rings (SSSR count). The van der Waals surface area contributed by atoms with E-state index in [9.17, 15) is 23.1 Å². The smallest absolute Gasteiger partial charge is 0.424 e. The molecular formula is C19H21F3N2O3S. The second-order valence-electron chi connectivity index (χ2n) is 6.93. The Hall–Kier alpha value is -2.13. The first kappa shape index (κ1) is 20.6. The minimum absolute atomic E-state index is 0.184. The van der Waals surface area contributed by atoms with Crippen LogP contribution in [-0.4, -0.2) is 28.3 Å². The molecule has 1 atom stereocenters. The second-order valence-corrected chi connectivity index (χ2v) is 7.78. The van der Waals surface area contributed by atoms with Crippen LogP contribution < -0.4 is 10.1 Å². The van der Waals surface area contributed by atoms with Gasteiger partial charge in [0.2, 0.25) is 11.5 Å². The Balaban J connectivity index is 1.66. The van der Waals surface area contributed by atoms with E-state index >= 15 is 0 Å². The highest BCUT2D eigenvalue weighted by molar-refractivity contribution is 7.09. The molecule has 9 heteroatoms. The Kier molecular flexibility index (Phi) is 5.95. The molecule has 152 valence electrons. The van der Waals surface area contributed by atoms with Gasteiger partial charge in [-0.15, -0.1) is 11.3 Å². The van der Waals surface area contributed by atoms with Crippen LogP contribution in [0.3, 0.4) is 0 Å². The molecule has 1 saturated carbocycles. The third-order valence-electron chi connectivity index (χ3n) is 4.60. The van der Waals surface area contributed by atoms with E-state index in [1.165, 1.54) is 12.3 Å². The summed E-state index contributed by atoms with van der Waals surface area (Å²) in [6.07, 6.45) is -1.74. The summed E-state index contributed by atoms with van der Waals surface area (Å²) in [6.45, 7) is 1.52. The quantitative estimate of drug-likeness (QED) is 0.727. The van der Waals surface area contributed by atoms with Crippen molar-refractivity contribution in [3.05, 3.63) is 40.3 Å². The van der Waals surface area contributed by atoms with E-state index in [-0.39, 0.29) is 6.10 Å². The number of ether oxygens (including phenoxy) is 1. The van der Waals surface area contributed by atoms with E-state index in [1.54, 1.807) is 24.3 Å². The van der Waals surface area contributed by atoms with Gasteiger partial charge in [0.1, 0.15) is 10.8 Å². The Morgan fingerprint density at radius 1 is 1.29 bits per heavy atom. The van der Waals surface area contributed by atoms with E-state index < -0.39 is 29.1 Å². The van der Waals surface area contributed by atoms with Crippen LogP contribution in [0.15, 0.2) is 29.6 Å². The van der Waals surface area contributed by atoms with E-state index in [1.807, 2.05) is 0 Å². The van der Waals surface area contributed by atoms with Crippen molar-refractivity contribution in [3.8, 4) is 5.75 Å². The summed E-state index contributed by atoms with van der Waals surface area (Å²) >= 11 is 0.671. The maximum atomic E-state index is 13.5. The SMILES string of the molecule is Cc1csc(C(O)(CC(=O)Nc2ccc(OC3CCCC3)cc2)C(F)(F)F)n1. The van der Waals surface area contributed by atoms with Crippen molar-refractivity contribution in [2.24, 2.45) is 0 Å². The van der Waals surface area contributed by atoms with Crippen LogP contribution in [0, 0.1) is 6.92 Å². The first-order valence-electron chi connectivity index (χ1n) is 8.96. The van der Waals surface area contributed by atoms with Crippen LogP contribution in [0.25, 0.3) is 0 Å². The first-order valence-corrected chi connectivity index (χ1v) is 9.83. The molecule has 5 nitrogen and oxygen atoms in total. The molecule has 0 spiro atoms. The fourth-order valence-electron chi connectivity index (χ4n) is 3.09. The molecule has 0 bridgehead atoms. The van der Waals surface area contributed by atoms with Gasteiger partial charge in [0.15, 0.2) is 0 Å². The highest BCUT2D eigenvalue weighted by Crippen LogP contribution is 2.43. The Bertz CT molecular complexity index is 817. The number of rotatable bonds is 6. The minimum Gasteiger partial charge on any atom is -0.490 e. The van der Waals surface area contributed by atoms with Crippen LogP contribution in [0.4, 0.5) is 18.9 Å². The van der Waals surface area contributed by atoms with Crippen molar-refractivity contribution >= 4 is 22.9 Å². The maximum absolute atomic E-state index is 13.5. The van der Waals surface area contributed by atoms with E-state index in [0.717, 1.165) is 25.7 Å². The predicted molar refractivity (Wildman–Crippen MR) is 99.4 cm³/mol. The molecule has 1 aromatic heterocycles. The first-order chi connectivity index (χ1) is 13.2. The topological polar surface area (TPSA) is 71.5 Å². The molecular weight excluding hydrogens is 393 g/mol. The maximum Gasteiger partial charge on any atom is 0.424 e. The lowest BCUT2D eigenvalue weighted by atomic mass is 9.99. The number of carbonyl (C=O) groups is 1. The van der Waals surface area contributed by atoms with Gasteiger partial charge in [-0.25, -0.2) is 4.98 Å². The Labute approximate surface area is 164 Å². The van der Waals surface area contributed by atoms with Gasteiger partial charge in [-0.05, 0) is 56.9 Å². The van der Waals surface area contributed by atoms with Gasteiger partial charge in [0.25, 0.3) is 0 Å². The van der Waals surface area contributed by atoms with Gasteiger partial charge in [-0.1, -0.05) is 0 Å². The van der Waals surface area contributed by atoms with E-state index in [2.05, 4.69) is 10.3 Å². The number of hydrogen-bond donors (Lipinski definition) is 2. The summed E-state index contributed by atoms with van der Waals surface area (Å²) in [5.41, 5.74) is -2.66. The summed E-state index contributed by atoms with van der Waals surface area (Å²) in [6, 6.07) is 6.44. The third-order valence-corrected chi connectivity index (χ3v) is 5.71. The average molecular weight is 414 g/mol. The van der Waals surface area contributed by atoms with Gasteiger partial charge in [0, 0.05) is 16.8 Å². The van der Waals surface area contributed by atoms with E-state index in [0.29, 0.717) is 28.5 Å². The highest BCUT2D eigenvalue weighted by atomic mass is 32.1. The molecule has 0 saturated heterocycles. The van der Waals surface area contributed by atoms with Gasteiger partial charge in [-0.2, -0.15) is 13.2 Å². The number of aromatic nitrogens is 1. The molecule has 0 aliphatic heterocycles. The normalized spacial score (nSPS) is 17.3. The molecule has 1 aliphatic carbocycles. The summed E-state index contributed by atoms with van der Waals surface area (Å²) in [4.78, 5) is 15.9. The lowest BCUT2D eigenvalue weighted by Crippen LogP contribution is -2.45. The number of thiazole rings is 1. The zero-order valence-electron chi connectivity index (χ0n) is 15.3. The number of carbonyl (C=O) groups excluding carboxylic acids is 1. The Morgan fingerprint density at radius 2 is 1.93 bits per heavy atom. The largest absolute Gasteiger partial charge is 0.490 e. The van der Waals surface area contributed by atoms with E-state index in [4.69, 9.17) is 4.74 Å². The van der Waals surface area contributed by atoms with Crippen LogP contribution in [0.1, 0.15) is 42.8 Å². The monoisotopic (exact) mass is 414 g/mol. The predicted octanol–water partition coefficient (Wildman–Crippen LogP) is 4.55. The van der Waals surface area contributed by atoms with Gasteiger partial charge < -0.3 is 15.2 Å². The average Bonchev–Trinajstić information content (AvgIpc) is 3.27. The van der Waals surface area contributed by atoms with Crippen LogP contribution in [0.2, 0.25) is 0 Å². The summed E-state index contributed by atoms with van der Waals surface area (Å²) in [5.74, 6) is -0.313. The van der Waals surface area contributed by atoms with Crippen molar-refractivity contribution in [2.45, 2.75) is 56.9 Å². The Morgan fingerprint density at radius 3 is 2.46 bits per heavy atom. The van der Waals surface area contributed by atoms with Crippen molar-refractivity contribution < 1.29 is 27.8 Å². The standard InChI is InChI=1S/C19H21F3N2O3S/c1-12-11-28-17(23-12)18(26,19(20,21)22)10-16(25)24-13-6-8-15(9-7-13)27-14-4-2-3-5-14/h6-9,11,14,26H,2-5,10H2,1H3,(H,24,25). The fraction of sp³-hybridized carbons (Fsp3) is 0.474. The number of nitrogens with one attached hydrogen (secondary N) is 1. The summed E-state index contributed by atoms with van der Waals surface area (Å²) in [5, 5.41) is 13.5. The molecule has 1 aromatic carbocycles. The van der Waals surface area contributed by atoms with Crippen molar-refractivity contribution in [2.75, 3.05) is 5.32 Å². The number of benzene rings is 1. The van der Waals surface area contributed by atoms with Crippen molar-refractivity contribution in [1.29, 1.82) is 0 Å². The number of anilines is 1. The van der Waals surface area contributed by atoms with Crippen molar-refractivity contribution in [1.82, 2.24) is 4.98 Å². The lowest BCUT2D eigenvalue weighted by molar-refractivity contribution is -0.266. The molecule has 1 heterocycles. The summed E-state index contributed by atoms with van der Waals surface area (Å²) in [7, 11) is 0. The van der Waals surface area contributed by atoms with Crippen LogP contribution >= 0.6 is 11.3 Å². The zero-order chi connectivity index (χ0) is 20.4. The van der Waals surface area contributed by atoms with Gasteiger partial charge in [-0.3, -0.25) is 4.79 Å². The number of halogens is 3. The third kappa shape index (κ3) is 4.64. The molecule has 0 radical (unpaired) electrons. The number of amides is 1. The molecule has 2 aromatic rings. The molecule has 1 amide bonds. The number of alkyl halides is 3. The number of aryl methyl sites for hydroxylation is 1. The second kappa shape index (κ2) is 8.08. The fourth-order valence-corrected chi connectivity index (χ4v) is 4.01. The summed E-state index contributed by atoms with van der Waals surface area (Å²) < 4.78 is 46.2. The van der Waals surface area contributed by atoms with Crippen LogP contribution in [0.5, 0.6) is 5.75 Å². The molecule has 1 aliphatic rings.